The van der Waals surface area contributed by atoms with Crippen LogP contribution < -0.4 is 11.1 Å². The van der Waals surface area contributed by atoms with Gasteiger partial charge in [-0.3, -0.25) is 9.69 Å². The molecule has 1 aliphatic heterocycles. The molecule has 0 aromatic heterocycles. The second kappa shape index (κ2) is 5.85. The van der Waals surface area contributed by atoms with Crippen molar-refractivity contribution in [2.24, 2.45) is 5.73 Å². The third-order valence-corrected chi connectivity index (χ3v) is 4.19. The summed E-state index contributed by atoms with van der Waals surface area (Å²) < 4.78 is 0. The summed E-state index contributed by atoms with van der Waals surface area (Å²) in [6.45, 7) is 6.09. The molecule has 5 heteroatoms. The standard InChI is InChI=1S/C16H23N3O2/c1-4-13(17)10-19-14(20)16(5-2,18-15(19)21)12-8-6-11(3)7-9-12/h6-9,13H,4-5,10,17H2,1-3H3,(H,18,21). The first-order valence-electron chi connectivity index (χ1n) is 7.41. The minimum absolute atomic E-state index is 0.189. The Bertz CT molecular complexity index is 541. The smallest absolute Gasteiger partial charge is 0.325 e. The van der Waals surface area contributed by atoms with Crippen molar-refractivity contribution >= 4 is 11.9 Å². The number of aryl methyl sites for hydroxylation is 1. The molecule has 2 unspecified atom stereocenters. The van der Waals surface area contributed by atoms with Crippen LogP contribution in [0.1, 0.15) is 37.8 Å². The van der Waals surface area contributed by atoms with Crippen LogP contribution in [-0.4, -0.2) is 29.4 Å². The van der Waals surface area contributed by atoms with Crippen LogP contribution in [0, 0.1) is 6.92 Å². The van der Waals surface area contributed by atoms with Gasteiger partial charge in [-0.2, -0.15) is 0 Å². The molecule has 0 aliphatic carbocycles. The first-order chi connectivity index (χ1) is 9.94. The zero-order valence-corrected chi connectivity index (χ0v) is 12.8. The maximum Gasteiger partial charge on any atom is 0.325 e. The second-order valence-electron chi connectivity index (χ2n) is 5.64. The lowest BCUT2D eigenvalue weighted by atomic mass is 9.86. The summed E-state index contributed by atoms with van der Waals surface area (Å²) in [5, 5.41) is 2.86. The number of imide groups is 1. The number of benzene rings is 1. The van der Waals surface area contributed by atoms with E-state index in [4.69, 9.17) is 5.73 Å². The molecule has 1 aromatic carbocycles. The molecule has 0 radical (unpaired) electrons. The molecule has 114 valence electrons. The van der Waals surface area contributed by atoms with E-state index in [1.165, 1.54) is 4.90 Å². The maximum absolute atomic E-state index is 12.8. The van der Waals surface area contributed by atoms with Crippen molar-refractivity contribution in [1.29, 1.82) is 0 Å². The van der Waals surface area contributed by atoms with Gasteiger partial charge in [-0.25, -0.2) is 4.79 Å². The van der Waals surface area contributed by atoms with Gasteiger partial charge in [0.2, 0.25) is 0 Å². The summed E-state index contributed by atoms with van der Waals surface area (Å²) in [5.41, 5.74) is 6.87. The lowest BCUT2D eigenvalue weighted by Crippen LogP contribution is -2.45. The zero-order valence-electron chi connectivity index (χ0n) is 12.8. The van der Waals surface area contributed by atoms with Crippen LogP contribution in [0.2, 0.25) is 0 Å². The topological polar surface area (TPSA) is 75.4 Å². The van der Waals surface area contributed by atoms with E-state index in [1.54, 1.807) is 0 Å². The van der Waals surface area contributed by atoms with Gasteiger partial charge in [0.1, 0.15) is 5.54 Å². The predicted molar refractivity (Wildman–Crippen MR) is 81.7 cm³/mol. The first-order valence-corrected chi connectivity index (χ1v) is 7.41. The number of nitrogens with two attached hydrogens (primary N) is 1. The monoisotopic (exact) mass is 289 g/mol. The van der Waals surface area contributed by atoms with Gasteiger partial charge < -0.3 is 11.1 Å². The van der Waals surface area contributed by atoms with E-state index in [0.717, 1.165) is 17.5 Å². The normalized spacial score (nSPS) is 23.3. The van der Waals surface area contributed by atoms with Crippen LogP contribution in [0.4, 0.5) is 4.79 Å². The highest BCUT2D eigenvalue weighted by molar-refractivity contribution is 6.07. The second-order valence-corrected chi connectivity index (χ2v) is 5.64. The quantitative estimate of drug-likeness (QED) is 0.813. The number of urea groups is 1. The van der Waals surface area contributed by atoms with E-state index in [2.05, 4.69) is 5.32 Å². The summed E-state index contributed by atoms with van der Waals surface area (Å²) in [6.07, 6.45) is 1.24. The average molecular weight is 289 g/mol. The van der Waals surface area contributed by atoms with Gasteiger partial charge in [0.05, 0.1) is 0 Å². The minimum Gasteiger partial charge on any atom is -0.326 e. The van der Waals surface area contributed by atoms with Crippen molar-refractivity contribution in [3.63, 3.8) is 0 Å². The fraction of sp³-hybridized carbons (Fsp3) is 0.500. The highest BCUT2D eigenvalue weighted by Gasteiger charge is 2.51. The van der Waals surface area contributed by atoms with Crippen molar-refractivity contribution in [2.75, 3.05) is 6.54 Å². The van der Waals surface area contributed by atoms with Crippen molar-refractivity contribution < 1.29 is 9.59 Å². The van der Waals surface area contributed by atoms with E-state index in [9.17, 15) is 9.59 Å². The average Bonchev–Trinajstić information content (AvgIpc) is 2.73. The molecule has 5 nitrogen and oxygen atoms in total. The largest absolute Gasteiger partial charge is 0.326 e. The molecule has 21 heavy (non-hydrogen) atoms. The summed E-state index contributed by atoms with van der Waals surface area (Å²) in [6, 6.07) is 7.16. The van der Waals surface area contributed by atoms with Crippen LogP contribution in [0.15, 0.2) is 24.3 Å². The molecule has 2 atom stereocenters. The number of hydrogen-bond acceptors (Lipinski definition) is 3. The van der Waals surface area contributed by atoms with Gasteiger partial charge in [0, 0.05) is 12.6 Å². The van der Waals surface area contributed by atoms with E-state index in [-0.39, 0.29) is 24.5 Å². The van der Waals surface area contributed by atoms with Gasteiger partial charge in [-0.15, -0.1) is 0 Å². The van der Waals surface area contributed by atoms with Crippen LogP contribution >= 0.6 is 0 Å². The van der Waals surface area contributed by atoms with Crippen LogP contribution in [0.25, 0.3) is 0 Å². The zero-order chi connectivity index (χ0) is 15.6. The Hall–Kier alpha value is -1.88. The highest BCUT2D eigenvalue weighted by Crippen LogP contribution is 2.32. The maximum atomic E-state index is 12.8. The number of carbonyl (C=O) groups excluding carboxylic acids is 2. The number of amides is 3. The van der Waals surface area contributed by atoms with E-state index >= 15 is 0 Å². The Morgan fingerprint density at radius 1 is 1.24 bits per heavy atom. The summed E-state index contributed by atoms with van der Waals surface area (Å²) in [4.78, 5) is 26.2. The van der Waals surface area contributed by atoms with Crippen molar-refractivity contribution in [3.8, 4) is 0 Å². The molecule has 1 fully saturated rings. The fourth-order valence-corrected chi connectivity index (χ4v) is 2.63. The molecule has 1 saturated heterocycles. The number of hydrogen-bond donors (Lipinski definition) is 2. The van der Waals surface area contributed by atoms with Gasteiger partial charge in [0.15, 0.2) is 0 Å². The Kier molecular flexibility index (Phi) is 4.32. The molecule has 1 aliphatic rings. The number of nitrogens with zero attached hydrogens (tertiary/aromatic N) is 1. The number of carbonyl (C=O) groups is 2. The van der Waals surface area contributed by atoms with Gasteiger partial charge >= 0.3 is 6.03 Å². The van der Waals surface area contributed by atoms with E-state index < -0.39 is 5.54 Å². The molecular formula is C16H23N3O2. The SMILES string of the molecule is CCC(N)CN1C(=O)NC(CC)(c2ccc(C)cc2)C1=O. The molecule has 2 rings (SSSR count). The number of rotatable bonds is 5. The molecule has 0 bridgehead atoms. The van der Waals surface area contributed by atoms with Gasteiger partial charge in [-0.1, -0.05) is 43.7 Å². The lowest BCUT2D eigenvalue weighted by molar-refractivity contribution is -0.132. The Balaban J connectivity index is 2.35. The summed E-state index contributed by atoms with van der Waals surface area (Å²) in [5.74, 6) is -0.206. The summed E-state index contributed by atoms with van der Waals surface area (Å²) >= 11 is 0. The van der Waals surface area contributed by atoms with Gasteiger partial charge in [0.25, 0.3) is 5.91 Å². The first kappa shape index (κ1) is 15.5. The van der Waals surface area contributed by atoms with Crippen LogP contribution in [0.3, 0.4) is 0 Å². The molecule has 1 heterocycles. The molecule has 0 saturated carbocycles. The third kappa shape index (κ3) is 2.65. The minimum atomic E-state index is -0.960. The van der Waals surface area contributed by atoms with E-state index in [1.807, 2.05) is 45.0 Å². The van der Waals surface area contributed by atoms with Crippen molar-refractivity contribution in [1.82, 2.24) is 10.2 Å². The lowest BCUT2D eigenvalue weighted by Gasteiger charge is -2.26. The highest BCUT2D eigenvalue weighted by atomic mass is 16.2. The predicted octanol–water partition coefficient (Wildman–Crippen LogP) is 1.89. The number of nitrogens with one attached hydrogen (secondary N) is 1. The van der Waals surface area contributed by atoms with Gasteiger partial charge in [-0.05, 0) is 25.3 Å². The van der Waals surface area contributed by atoms with Crippen molar-refractivity contribution in [3.05, 3.63) is 35.4 Å². The van der Waals surface area contributed by atoms with Crippen molar-refractivity contribution in [2.45, 2.75) is 45.2 Å². The van der Waals surface area contributed by atoms with Crippen LogP contribution in [0.5, 0.6) is 0 Å². The molecule has 3 amide bonds. The Morgan fingerprint density at radius 3 is 2.38 bits per heavy atom. The fourth-order valence-electron chi connectivity index (χ4n) is 2.63. The van der Waals surface area contributed by atoms with E-state index in [0.29, 0.717) is 6.42 Å². The van der Waals surface area contributed by atoms with Crippen LogP contribution in [-0.2, 0) is 10.3 Å². The molecule has 0 spiro atoms. The summed E-state index contributed by atoms with van der Waals surface area (Å²) in [7, 11) is 0. The third-order valence-electron chi connectivity index (χ3n) is 4.19. The Morgan fingerprint density at radius 2 is 1.86 bits per heavy atom. The molecule has 1 aromatic rings. The molecular weight excluding hydrogens is 266 g/mol. The Labute approximate surface area is 125 Å². The molecule has 3 N–H and O–H groups in total.